The van der Waals surface area contributed by atoms with Gasteiger partial charge in [-0.25, -0.2) is 0 Å². The van der Waals surface area contributed by atoms with Crippen molar-refractivity contribution in [1.82, 2.24) is 0 Å². The van der Waals surface area contributed by atoms with E-state index in [9.17, 15) is 0 Å². The van der Waals surface area contributed by atoms with Crippen LogP contribution in [0.3, 0.4) is 0 Å². The molecule has 0 amide bonds. The molecule has 0 heterocycles. The van der Waals surface area contributed by atoms with E-state index in [2.05, 4.69) is 6.92 Å². The second-order valence-corrected chi connectivity index (χ2v) is 2.56. The van der Waals surface area contributed by atoms with E-state index in [-0.39, 0.29) is 30.2 Å². The van der Waals surface area contributed by atoms with Crippen molar-refractivity contribution < 1.29 is 6.85 Å². The SMILES string of the molecule is [2H]c1c([2H])c([2H])c(CCCCC)c([2H])c1[2H]. The van der Waals surface area contributed by atoms with Crippen LogP contribution in [0, 0.1) is 0 Å². The van der Waals surface area contributed by atoms with Crippen molar-refractivity contribution in [3.63, 3.8) is 0 Å². The highest BCUT2D eigenvalue weighted by molar-refractivity contribution is 5.14. The first-order valence-corrected chi connectivity index (χ1v) is 4.06. The van der Waals surface area contributed by atoms with Gasteiger partial charge in [0.15, 0.2) is 0 Å². The van der Waals surface area contributed by atoms with E-state index in [1.165, 1.54) is 0 Å². The van der Waals surface area contributed by atoms with Gasteiger partial charge in [-0.15, -0.1) is 0 Å². The first-order chi connectivity index (χ1) is 7.50. The Bertz CT molecular complexity index is 357. The molecule has 0 unspecified atom stereocenters. The molecule has 0 fully saturated rings. The summed E-state index contributed by atoms with van der Waals surface area (Å²) in [4.78, 5) is 0. The fourth-order valence-corrected chi connectivity index (χ4v) is 0.953. The van der Waals surface area contributed by atoms with Gasteiger partial charge < -0.3 is 0 Å². The minimum Gasteiger partial charge on any atom is -0.0654 e. The van der Waals surface area contributed by atoms with E-state index in [1.54, 1.807) is 0 Å². The van der Waals surface area contributed by atoms with Crippen molar-refractivity contribution in [3.05, 3.63) is 35.8 Å². The summed E-state index contributed by atoms with van der Waals surface area (Å²) < 4.78 is 37.9. The normalized spacial score (nSPS) is 16.3. The van der Waals surface area contributed by atoms with Crippen LogP contribution >= 0.6 is 0 Å². The fraction of sp³-hybridized carbons (Fsp3) is 0.455. The molecular weight excluding hydrogens is 132 g/mol. The van der Waals surface area contributed by atoms with Crippen LogP contribution in [0.4, 0.5) is 0 Å². The summed E-state index contributed by atoms with van der Waals surface area (Å²) in [6, 6.07) is -0.876. The molecule has 1 aromatic rings. The molecule has 0 saturated carbocycles. The third-order valence-corrected chi connectivity index (χ3v) is 1.58. The Labute approximate surface area is 76.3 Å². The second-order valence-electron chi connectivity index (χ2n) is 2.56. The largest absolute Gasteiger partial charge is 0.0654 e. The molecule has 60 valence electrons. The summed E-state index contributed by atoms with van der Waals surface area (Å²) in [5.41, 5.74) is 0.444. The molecular formula is C11H16. The number of benzene rings is 1. The molecule has 1 rings (SSSR count). The highest BCUT2D eigenvalue weighted by Gasteiger charge is 1.89. The molecule has 0 spiro atoms. The molecule has 0 bridgehead atoms. The molecule has 0 aliphatic rings. The van der Waals surface area contributed by atoms with Crippen LogP contribution in [0.15, 0.2) is 30.2 Å². The lowest BCUT2D eigenvalue weighted by Gasteiger charge is -1.98. The summed E-state index contributed by atoms with van der Waals surface area (Å²) in [5, 5.41) is 0. The third kappa shape index (κ3) is 3.22. The van der Waals surface area contributed by atoms with Crippen LogP contribution in [0.1, 0.15) is 38.6 Å². The Hall–Kier alpha value is -0.780. The van der Waals surface area contributed by atoms with Crippen molar-refractivity contribution in [1.29, 1.82) is 0 Å². The zero-order chi connectivity index (χ0) is 12.3. The van der Waals surface area contributed by atoms with E-state index in [4.69, 9.17) is 6.85 Å². The summed E-state index contributed by atoms with van der Waals surface area (Å²) in [7, 11) is 0. The van der Waals surface area contributed by atoms with Crippen molar-refractivity contribution in [3.8, 4) is 0 Å². The van der Waals surface area contributed by atoms with E-state index in [0.717, 1.165) is 19.3 Å². The lowest BCUT2D eigenvalue weighted by molar-refractivity contribution is 0.717. The van der Waals surface area contributed by atoms with E-state index < -0.39 is 0 Å². The maximum Gasteiger partial charge on any atom is 0.0626 e. The average molecular weight is 153 g/mol. The van der Waals surface area contributed by atoms with Crippen LogP contribution < -0.4 is 0 Å². The first-order valence-electron chi connectivity index (χ1n) is 6.56. The zero-order valence-corrected chi connectivity index (χ0v) is 6.83. The topological polar surface area (TPSA) is 0 Å². The zero-order valence-electron chi connectivity index (χ0n) is 11.8. The predicted octanol–water partition coefficient (Wildman–Crippen LogP) is 3.42. The van der Waals surface area contributed by atoms with Gasteiger partial charge in [0.25, 0.3) is 0 Å². The van der Waals surface area contributed by atoms with Crippen molar-refractivity contribution in [2.75, 3.05) is 0 Å². The summed E-state index contributed by atoms with van der Waals surface area (Å²) in [6.45, 7) is 2.07. The summed E-state index contributed by atoms with van der Waals surface area (Å²) >= 11 is 0. The van der Waals surface area contributed by atoms with E-state index in [1.807, 2.05) is 0 Å². The Morgan fingerprint density at radius 3 is 2.55 bits per heavy atom. The molecule has 11 heavy (non-hydrogen) atoms. The quantitative estimate of drug-likeness (QED) is 0.581. The third-order valence-electron chi connectivity index (χ3n) is 1.58. The van der Waals surface area contributed by atoms with Crippen LogP contribution in [0.2, 0.25) is 0 Å². The lowest BCUT2D eigenvalue weighted by atomic mass is 10.1. The summed E-state index contributed by atoms with van der Waals surface area (Å²) in [6.07, 6.45) is 3.49. The standard InChI is InChI=1S/C11H16/c1-2-3-5-8-11-9-6-4-7-10-11/h4,6-7,9-10H,2-3,5,8H2,1H3/i4D,6D,7D,9D,10D. The van der Waals surface area contributed by atoms with Gasteiger partial charge in [0.2, 0.25) is 0 Å². The Balaban J connectivity index is 3.08. The van der Waals surface area contributed by atoms with Gasteiger partial charge in [0, 0.05) is 0 Å². The molecule has 0 radical (unpaired) electrons. The average Bonchev–Trinajstić information content (AvgIpc) is 2.28. The van der Waals surface area contributed by atoms with Gasteiger partial charge in [-0.1, -0.05) is 50.0 Å². The van der Waals surface area contributed by atoms with E-state index in [0.29, 0.717) is 12.0 Å². The molecule has 1 aromatic carbocycles. The molecule has 0 heteroatoms. The molecule has 0 N–H and O–H groups in total. The highest BCUT2D eigenvalue weighted by atomic mass is 13.9. The van der Waals surface area contributed by atoms with Gasteiger partial charge in [-0.3, -0.25) is 0 Å². The Morgan fingerprint density at radius 1 is 1.18 bits per heavy atom. The van der Waals surface area contributed by atoms with Gasteiger partial charge in [0.05, 0.1) is 6.85 Å². The minimum absolute atomic E-state index is 0.0536. The maximum atomic E-state index is 7.70. The molecule has 0 aromatic heterocycles. The number of unbranched alkanes of at least 4 members (excludes halogenated alkanes) is 2. The Kier molecular flexibility index (Phi) is 1.69. The van der Waals surface area contributed by atoms with Gasteiger partial charge >= 0.3 is 0 Å². The predicted molar refractivity (Wildman–Crippen MR) is 49.7 cm³/mol. The molecule has 0 aliphatic carbocycles. The Morgan fingerprint density at radius 2 is 1.91 bits per heavy atom. The van der Waals surface area contributed by atoms with Gasteiger partial charge in [-0.2, -0.15) is 0 Å². The van der Waals surface area contributed by atoms with Crippen LogP contribution in [0.5, 0.6) is 0 Å². The monoisotopic (exact) mass is 153 g/mol. The van der Waals surface area contributed by atoms with Crippen molar-refractivity contribution in [2.24, 2.45) is 0 Å². The fourth-order valence-electron chi connectivity index (χ4n) is 0.953. The lowest BCUT2D eigenvalue weighted by Crippen LogP contribution is -1.83. The van der Waals surface area contributed by atoms with Crippen molar-refractivity contribution in [2.45, 2.75) is 32.6 Å². The second kappa shape index (κ2) is 4.95. The number of hydrogen-bond donors (Lipinski definition) is 0. The van der Waals surface area contributed by atoms with E-state index >= 15 is 0 Å². The maximum absolute atomic E-state index is 7.70. The molecule has 0 nitrogen and oxygen atoms in total. The number of hydrogen-bond acceptors (Lipinski definition) is 0. The van der Waals surface area contributed by atoms with Crippen LogP contribution in [-0.2, 0) is 6.42 Å². The molecule has 0 atom stereocenters. The van der Waals surface area contributed by atoms with Crippen molar-refractivity contribution >= 4 is 0 Å². The number of rotatable bonds is 4. The van der Waals surface area contributed by atoms with Crippen LogP contribution in [0.25, 0.3) is 0 Å². The van der Waals surface area contributed by atoms with Gasteiger partial charge in [-0.05, 0) is 18.4 Å². The molecule has 0 saturated heterocycles. The van der Waals surface area contributed by atoms with Gasteiger partial charge in [0.1, 0.15) is 0 Å². The minimum atomic E-state index is -0.311. The van der Waals surface area contributed by atoms with Crippen LogP contribution in [-0.4, -0.2) is 0 Å². The first kappa shape index (κ1) is 3.75. The molecule has 0 aliphatic heterocycles. The highest BCUT2D eigenvalue weighted by Crippen LogP contribution is 2.05. The smallest absolute Gasteiger partial charge is 0.0626 e. The summed E-state index contributed by atoms with van der Waals surface area (Å²) in [5.74, 6) is 0.